The number of anilines is 2. The summed E-state index contributed by atoms with van der Waals surface area (Å²) >= 11 is 7.65. The number of carbonyl (C=O) groups excluding carboxylic acids is 1. The van der Waals surface area contributed by atoms with Gasteiger partial charge in [0.25, 0.3) is 15.9 Å². The fourth-order valence-electron chi connectivity index (χ4n) is 2.48. The minimum atomic E-state index is -3.79. The number of hydrogen-bond acceptors (Lipinski definition) is 4. The summed E-state index contributed by atoms with van der Waals surface area (Å²) in [6, 6.07) is 19.8. The molecule has 8 heteroatoms. The van der Waals surface area contributed by atoms with Crippen LogP contribution in [0.4, 0.5) is 11.4 Å². The molecule has 0 saturated carbocycles. The standard InChI is InChI=1S/C20H17ClN2O3S2/c1-27-14-11-12-17(21)16(13-14)20(24)22-18-9-5-6-10-19(18)23-28(25,26)15-7-3-2-4-8-15/h2-13,23H,1H3,(H,22,24). The highest BCUT2D eigenvalue weighted by Gasteiger charge is 2.18. The van der Waals surface area contributed by atoms with Gasteiger partial charge in [-0.3, -0.25) is 9.52 Å². The molecule has 0 fully saturated rings. The minimum Gasteiger partial charge on any atom is -0.320 e. The molecule has 0 atom stereocenters. The van der Waals surface area contributed by atoms with Crippen molar-refractivity contribution in [2.45, 2.75) is 9.79 Å². The maximum Gasteiger partial charge on any atom is 0.261 e. The molecule has 1 amide bonds. The molecule has 3 rings (SSSR count). The smallest absolute Gasteiger partial charge is 0.261 e. The third-order valence-electron chi connectivity index (χ3n) is 3.89. The molecule has 0 bridgehead atoms. The van der Waals surface area contributed by atoms with Crippen molar-refractivity contribution in [3.8, 4) is 0 Å². The van der Waals surface area contributed by atoms with Crippen LogP contribution >= 0.6 is 23.4 Å². The number of para-hydroxylation sites is 2. The lowest BCUT2D eigenvalue weighted by Gasteiger charge is -2.14. The number of hydrogen-bond donors (Lipinski definition) is 2. The zero-order valence-corrected chi connectivity index (χ0v) is 17.2. The fraction of sp³-hybridized carbons (Fsp3) is 0.0500. The maximum atomic E-state index is 12.7. The Bertz CT molecular complexity index is 1100. The van der Waals surface area contributed by atoms with Crippen LogP contribution in [0, 0.1) is 0 Å². The van der Waals surface area contributed by atoms with Crippen molar-refractivity contribution >= 4 is 50.7 Å². The Kier molecular flexibility index (Phi) is 6.28. The summed E-state index contributed by atoms with van der Waals surface area (Å²) in [7, 11) is -3.79. The molecule has 144 valence electrons. The Morgan fingerprint density at radius 1 is 0.929 bits per heavy atom. The van der Waals surface area contributed by atoms with Gasteiger partial charge in [0.05, 0.1) is 26.9 Å². The van der Waals surface area contributed by atoms with E-state index >= 15 is 0 Å². The van der Waals surface area contributed by atoms with Crippen LogP contribution in [-0.2, 0) is 10.0 Å². The van der Waals surface area contributed by atoms with Crippen LogP contribution in [0.5, 0.6) is 0 Å². The lowest BCUT2D eigenvalue weighted by molar-refractivity contribution is 0.102. The van der Waals surface area contributed by atoms with E-state index in [-0.39, 0.29) is 10.6 Å². The van der Waals surface area contributed by atoms with E-state index in [1.165, 1.54) is 23.9 Å². The quantitative estimate of drug-likeness (QED) is 0.530. The van der Waals surface area contributed by atoms with Gasteiger partial charge in [0, 0.05) is 4.90 Å². The Balaban J connectivity index is 1.88. The van der Waals surface area contributed by atoms with Gasteiger partial charge in [-0.2, -0.15) is 0 Å². The summed E-state index contributed by atoms with van der Waals surface area (Å²) in [5, 5.41) is 3.05. The van der Waals surface area contributed by atoms with E-state index in [1.807, 2.05) is 12.3 Å². The molecule has 0 aliphatic rings. The van der Waals surface area contributed by atoms with Crippen LogP contribution in [0.3, 0.4) is 0 Å². The average molecular weight is 433 g/mol. The zero-order valence-electron chi connectivity index (χ0n) is 14.8. The van der Waals surface area contributed by atoms with E-state index in [2.05, 4.69) is 10.0 Å². The number of thioether (sulfide) groups is 1. The van der Waals surface area contributed by atoms with Gasteiger partial charge in [0.2, 0.25) is 0 Å². The van der Waals surface area contributed by atoms with Gasteiger partial charge in [0.1, 0.15) is 0 Å². The van der Waals surface area contributed by atoms with Gasteiger partial charge in [-0.15, -0.1) is 11.8 Å². The first-order valence-corrected chi connectivity index (χ1v) is 11.3. The second-order valence-corrected chi connectivity index (χ2v) is 8.73. The van der Waals surface area contributed by atoms with E-state index < -0.39 is 15.9 Å². The van der Waals surface area contributed by atoms with Gasteiger partial charge in [0.15, 0.2) is 0 Å². The summed E-state index contributed by atoms with van der Waals surface area (Å²) in [5.41, 5.74) is 0.906. The number of rotatable bonds is 6. The first-order chi connectivity index (χ1) is 13.4. The topological polar surface area (TPSA) is 75.3 Å². The highest BCUT2D eigenvalue weighted by Crippen LogP contribution is 2.27. The Labute approximate surface area is 173 Å². The fourth-order valence-corrected chi connectivity index (χ4v) is 4.22. The first-order valence-electron chi connectivity index (χ1n) is 8.22. The molecule has 2 N–H and O–H groups in total. The summed E-state index contributed by atoms with van der Waals surface area (Å²) in [6.45, 7) is 0. The molecule has 0 heterocycles. The van der Waals surface area contributed by atoms with E-state index in [0.29, 0.717) is 16.3 Å². The van der Waals surface area contributed by atoms with Gasteiger partial charge in [-0.05, 0) is 48.7 Å². The maximum absolute atomic E-state index is 12.7. The summed E-state index contributed by atoms with van der Waals surface area (Å²) < 4.78 is 27.7. The Morgan fingerprint density at radius 2 is 1.57 bits per heavy atom. The molecule has 0 unspecified atom stereocenters. The first kappa shape index (κ1) is 20.3. The third-order valence-corrected chi connectivity index (χ3v) is 6.33. The van der Waals surface area contributed by atoms with Crippen molar-refractivity contribution in [1.82, 2.24) is 0 Å². The zero-order chi connectivity index (χ0) is 20.1. The van der Waals surface area contributed by atoms with Gasteiger partial charge in [-0.1, -0.05) is 41.9 Å². The SMILES string of the molecule is CSc1ccc(Cl)c(C(=O)Nc2ccccc2NS(=O)(=O)c2ccccc2)c1. The van der Waals surface area contributed by atoms with Crippen molar-refractivity contribution in [2.24, 2.45) is 0 Å². The molecule has 5 nitrogen and oxygen atoms in total. The van der Waals surface area contributed by atoms with Crippen molar-refractivity contribution < 1.29 is 13.2 Å². The van der Waals surface area contributed by atoms with Crippen LogP contribution in [-0.4, -0.2) is 20.6 Å². The molecule has 0 radical (unpaired) electrons. The molecule has 0 saturated heterocycles. The lowest BCUT2D eigenvalue weighted by atomic mass is 10.2. The molecular formula is C20H17ClN2O3S2. The molecule has 0 aliphatic heterocycles. The van der Waals surface area contributed by atoms with E-state index in [0.717, 1.165) is 4.90 Å². The van der Waals surface area contributed by atoms with Crippen LogP contribution in [0.1, 0.15) is 10.4 Å². The number of benzene rings is 3. The highest BCUT2D eigenvalue weighted by molar-refractivity contribution is 7.98. The third kappa shape index (κ3) is 4.67. The average Bonchev–Trinajstić information content (AvgIpc) is 2.70. The minimum absolute atomic E-state index is 0.131. The lowest BCUT2D eigenvalue weighted by Crippen LogP contribution is -2.17. The van der Waals surface area contributed by atoms with E-state index in [4.69, 9.17) is 11.6 Å². The van der Waals surface area contributed by atoms with Crippen molar-refractivity contribution in [2.75, 3.05) is 16.3 Å². The van der Waals surface area contributed by atoms with Crippen molar-refractivity contribution in [1.29, 1.82) is 0 Å². The molecule has 3 aromatic carbocycles. The van der Waals surface area contributed by atoms with Gasteiger partial charge >= 0.3 is 0 Å². The molecule has 0 aromatic heterocycles. The number of halogens is 1. The van der Waals surface area contributed by atoms with Crippen LogP contribution < -0.4 is 10.0 Å². The molecule has 28 heavy (non-hydrogen) atoms. The van der Waals surface area contributed by atoms with E-state index in [9.17, 15) is 13.2 Å². The largest absolute Gasteiger partial charge is 0.320 e. The second kappa shape index (κ2) is 8.68. The van der Waals surface area contributed by atoms with Crippen molar-refractivity contribution in [3.05, 3.63) is 83.4 Å². The number of carbonyl (C=O) groups is 1. The van der Waals surface area contributed by atoms with Gasteiger partial charge < -0.3 is 5.32 Å². The molecule has 0 spiro atoms. The normalized spacial score (nSPS) is 11.1. The van der Waals surface area contributed by atoms with Crippen molar-refractivity contribution in [3.63, 3.8) is 0 Å². The second-order valence-electron chi connectivity index (χ2n) is 5.76. The predicted octanol–water partition coefficient (Wildman–Crippen LogP) is 5.12. The summed E-state index contributed by atoms with van der Waals surface area (Å²) in [5.74, 6) is -0.424. The van der Waals surface area contributed by atoms with Crippen LogP contribution in [0.15, 0.2) is 82.6 Å². The van der Waals surface area contributed by atoms with Crippen LogP contribution in [0.25, 0.3) is 0 Å². The molecular weight excluding hydrogens is 416 g/mol. The van der Waals surface area contributed by atoms with E-state index in [1.54, 1.807) is 54.6 Å². The Morgan fingerprint density at radius 3 is 2.25 bits per heavy atom. The van der Waals surface area contributed by atoms with Crippen LogP contribution in [0.2, 0.25) is 5.02 Å². The number of nitrogens with one attached hydrogen (secondary N) is 2. The highest BCUT2D eigenvalue weighted by atomic mass is 35.5. The summed E-state index contributed by atoms with van der Waals surface area (Å²) in [4.78, 5) is 13.7. The number of sulfonamides is 1. The summed E-state index contributed by atoms with van der Waals surface area (Å²) in [6.07, 6.45) is 1.90. The number of amides is 1. The predicted molar refractivity (Wildman–Crippen MR) is 115 cm³/mol. The Hall–Kier alpha value is -2.48. The molecule has 3 aromatic rings. The monoisotopic (exact) mass is 432 g/mol. The van der Waals surface area contributed by atoms with Gasteiger partial charge in [-0.25, -0.2) is 8.42 Å². The molecule has 0 aliphatic carbocycles.